The van der Waals surface area contributed by atoms with Crippen molar-refractivity contribution in [2.24, 2.45) is 16.8 Å². The summed E-state index contributed by atoms with van der Waals surface area (Å²) >= 11 is 0. The van der Waals surface area contributed by atoms with Crippen molar-refractivity contribution in [1.29, 1.82) is 0 Å². The number of furan rings is 1. The maximum Gasteiger partial charge on any atom is 0.173 e. The molecule has 1 saturated heterocycles. The van der Waals surface area contributed by atoms with E-state index >= 15 is 0 Å². The third kappa shape index (κ3) is 3.47. The van der Waals surface area contributed by atoms with Gasteiger partial charge in [0.25, 0.3) is 0 Å². The number of hydrogen-bond donors (Lipinski definition) is 2. The Morgan fingerprint density at radius 1 is 1.31 bits per heavy atom. The summed E-state index contributed by atoms with van der Waals surface area (Å²) < 4.78 is 12.3. The van der Waals surface area contributed by atoms with Crippen LogP contribution < -0.4 is 10.1 Å². The SMILES string of the molecule is CN1CCC(COc2ccc3oc4c(c3c2)NC2=CC=CCC2C4=NCO)CC1. The summed E-state index contributed by atoms with van der Waals surface area (Å²) in [6, 6.07) is 5.99. The van der Waals surface area contributed by atoms with Gasteiger partial charge in [0.2, 0.25) is 0 Å². The van der Waals surface area contributed by atoms with Crippen molar-refractivity contribution in [3.63, 3.8) is 0 Å². The summed E-state index contributed by atoms with van der Waals surface area (Å²) in [5.41, 5.74) is 3.61. The van der Waals surface area contributed by atoms with E-state index in [-0.39, 0.29) is 12.6 Å². The number of nitrogens with zero attached hydrogens (tertiary/aromatic N) is 2. The molecular weight excluding hydrogens is 366 g/mol. The largest absolute Gasteiger partial charge is 0.493 e. The molecule has 29 heavy (non-hydrogen) atoms. The first-order valence-corrected chi connectivity index (χ1v) is 10.4. The lowest BCUT2D eigenvalue weighted by molar-refractivity contribution is 0.160. The Labute approximate surface area is 170 Å². The van der Waals surface area contributed by atoms with Crippen molar-refractivity contribution < 1.29 is 14.3 Å². The highest BCUT2D eigenvalue weighted by Gasteiger charge is 2.34. The third-order valence-electron chi connectivity index (χ3n) is 6.22. The highest BCUT2D eigenvalue weighted by molar-refractivity contribution is 6.14. The average molecular weight is 393 g/mol. The average Bonchev–Trinajstić information content (AvgIpc) is 3.11. The standard InChI is InChI=1S/C23H27N3O3/c1-26-10-8-15(9-11-26)13-28-16-6-7-20-18(12-16)22-23(29-20)21(24-14-27)17-4-2-3-5-19(17)25-22/h2-3,5-7,12,15,17,25,27H,4,8-11,13-14H2,1H3. The Morgan fingerprint density at radius 3 is 3.00 bits per heavy atom. The fourth-order valence-corrected chi connectivity index (χ4v) is 4.49. The van der Waals surface area contributed by atoms with E-state index in [9.17, 15) is 5.11 Å². The van der Waals surface area contributed by atoms with Crippen LogP contribution in [-0.2, 0) is 0 Å². The van der Waals surface area contributed by atoms with E-state index in [2.05, 4.69) is 46.6 Å². The molecule has 0 radical (unpaired) electrons. The summed E-state index contributed by atoms with van der Waals surface area (Å²) in [5, 5.41) is 14.0. The maximum atomic E-state index is 9.45. The fraction of sp³-hybridized carbons (Fsp3) is 0.435. The fourth-order valence-electron chi connectivity index (χ4n) is 4.49. The van der Waals surface area contributed by atoms with E-state index in [0.717, 1.165) is 65.7 Å². The number of benzene rings is 1. The Bertz CT molecular complexity index is 996. The van der Waals surface area contributed by atoms with Crippen molar-refractivity contribution in [3.05, 3.63) is 47.9 Å². The normalized spacial score (nSPS) is 23.6. The summed E-state index contributed by atoms with van der Waals surface area (Å²) in [5.74, 6) is 2.29. The number of piperidine rings is 1. The first kappa shape index (κ1) is 18.5. The van der Waals surface area contributed by atoms with Gasteiger partial charge in [-0.3, -0.25) is 4.99 Å². The topological polar surface area (TPSA) is 70.2 Å². The first-order chi connectivity index (χ1) is 14.2. The van der Waals surface area contributed by atoms with E-state index in [4.69, 9.17) is 9.15 Å². The summed E-state index contributed by atoms with van der Waals surface area (Å²) in [6.45, 7) is 2.79. The molecule has 0 saturated carbocycles. The second kappa shape index (κ2) is 7.69. The Hall–Kier alpha value is -2.57. The number of hydrogen-bond acceptors (Lipinski definition) is 6. The number of allylic oxidation sites excluding steroid dienone is 4. The molecule has 1 aliphatic carbocycles. The minimum Gasteiger partial charge on any atom is -0.493 e. The van der Waals surface area contributed by atoms with Crippen LogP contribution in [0.1, 0.15) is 25.0 Å². The van der Waals surface area contributed by atoms with Crippen molar-refractivity contribution in [2.75, 3.05) is 38.8 Å². The molecule has 1 aromatic carbocycles. The second-order valence-electron chi connectivity index (χ2n) is 8.17. The summed E-state index contributed by atoms with van der Waals surface area (Å²) in [7, 11) is 2.18. The molecule has 3 heterocycles. The molecule has 2 N–H and O–H groups in total. The lowest BCUT2D eigenvalue weighted by atomic mass is 9.87. The quantitative estimate of drug-likeness (QED) is 0.827. The van der Waals surface area contributed by atoms with Crippen molar-refractivity contribution in [1.82, 2.24) is 4.90 Å². The maximum absolute atomic E-state index is 9.45. The minimum absolute atomic E-state index is 0.0976. The predicted molar refractivity (Wildman–Crippen MR) is 115 cm³/mol. The second-order valence-corrected chi connectivity index (χ2v) is 8.17. The number of aliphatic hydroxyl groups is 1. The smallest absolute Gasteiger partial charge is 0.173 e. The van der Waals surface area contributed by atoms with Crippen LogP contribution in [0.25, 0.3) is 11.0 Å². The molecule has 5 rings (SSSR count). The van der Waals surface area contributed by atoms with Gasteiger partial charge in [0.15, 0.2) is 5.76 Å². The van der Waals surface area contributed by atoms with Gasteiger partial charge in [0.05, 0.1) is 18.0 Å². The molecule has 0 amide bonds. The van der Waals surface area contributed by atoms with Gasteiger partial charge >= 0.3 is 0 Å². The predicted octanol–water partition coefficient (Wildman–Crippen LogP) is 3.78. The van der Waals surface area contributed by atoms with Gasteiger partial charge in [0, 0.05) is 17.0 Å². The van der Waals surface area contributed by atoms with Gasteiger partial charge in [-0.25, -0.2) is 0 Å². The number of likely N-dealkylation sites (tertiary alicyclic amines) is 1. The number of nitrogens with one attached hydrogen (secondary N) is 1. The van der Waals surface area contributed by atoms with Crippen LogP contribution in [0, 0.1) is 11.8 Å². The molecule has 3 aliphatic rings. The Balaban J connectivity index is 1.43. The molecule has 0 bridgehead atoms. The Morgan fingerprint density at radius 2 is 2.17 bits per heavy atom. The summed E-state index contributed by atoms with van der Waals surface area (Å²) in [6.07, 6.45) is 9.46. The molecule has 2 aromatic rings. The molecule has 1 atom stereocenters. The molecular formula is C23H27N3O3. The number of anilines is 1. The van der Waals surface area contributed by atoms with Crippen LogP contribution in [0.2, 0.25) is 0 Å². The number of aliphatic hydroxyl groups excluding tert-OH is 1. The number of ether oxygens (including phenoxy) is 1. The van der Waals surface area contributed by atoms with E-state index in [0.29, 0.717) is 5.92 Å². The lowest BCUT2D eigenvalue weighted by Crippen LogP contribution is -2.32. The molecule has 152 valence electrons. The van der Waals surface area contributed by atoms with Crippen LogP contribution in [-0.4, -0.2) is 49.2 Å². The van der Waals surface area contributed by atoms with Crippen LogP contribution in [0.5, 0.6) is 5.75 Å². The Kier molecular flexibility index (Phi) is 4.89. The van der Waals surface area contributed by atoms with Gasteiger partial charge in [-0.05, 0) is 69.6 Å². The highest BCUT2D eigenvalue weighted by Crippen LogP contribution is 2.42. The van der Waals surface area contributed by atoms with Crippen molar-refractivity contribution in [2.45, 2.75) is 19.3 Å². The van der Waals surface area contributed by atoms with E-state index in [1.54, 1.807) is 0 Å². The van der Waals surface area contributed by atoms with E-state index in [1.165, 1.54) is 12.8 Å². The molecule has 6 nitrogen and oxygen atoms in total. The van der Waals surface area contributed by atoms with Crippen molar-refractivity contribution >= 4 is 22.4 Å². The van der Waals surface area contributed by atoms with E-state index in [1.807, 2.05) is 12.1 Å². The molecule has 1 unspecified atom stereocenters. The third-order valence-corrected chi connectivity index (χ3v) is 6.22. The van der Waals surface area contributed by atoms with Gasteiger partial charge in [-0.2, -0.15) is 0 Å². The summed E-state index contributed by atoms with van der Waals surface area (Å²) in [4.78, 5) is 6.73. The first-order valence-electron chi connectivity index (χ1n) is 10.4. The number of aliphatic imine (C=N–C) groups is 1. The molecule has 6 heteroatoms. The van der Waals surface area contributed by atoms with Gasteiger partial charge in [0.1, 0.15) is 18.1 Å². The molecule has 1 fully saturated rings. The number of rotatable bonds is 4. The van der Waals surface area contributed by atoms with Gasteiger partial charge in [-0.1, -0.05) is 12.2 Å². The lowest BCUT2D eigenvalue weighted by Gasteiger charge is -2.29. The van der Waals surface area contributed by atoms with Gasteiger partial charge < -0.3 is 24.5 Å². The van der Waals surface area contributed by atoms with Crippen molar-refractivity contribution in [3.8, 4) is 5.75 Å². The van der Waals surface area contributed by atoms with Crippen LogP contribution in [0.3, 0.4) is 0 Å². The minimum atomic E-state index is -0.246. The zero-order valence-electron chi connectivity index (χ0n) is 16.7. The zero-order valence-corrected chi connectivity index (χ0v) is 16.7. The van der Waals surface area contributed by atoms with Crippen LogP contribution >= 0.6 is 0 Å². The molecule has 0 spiro atoms. The zero-order chi connectivity index (χ0) is 19.8. The number of fused-ring (bicyclic) bond motifs is 4. The highest BCUT2D eigenvalue weighted by atomic mass is 16.5. The monoisotopic (exact) mass is 393 g/mol. The van der Waals surface area contributed by atoms with E-state index < -0.39 is 0 Å². The van der Waals surface area contributed by atoms with Crippen LogP contribution in [0.15, 0.2) is 51.5 Å². The molecule has 2 aliphatic heterocycles. The molecule has 1 aromatic heterocycles. The van der Waals surface area contributed by atoms with Crippen LogP contribution in [0.4, 0.5) is 5.69 Å². The van der Waals surface area contributed by atoms with Gasteiger partial charge in [-0.15, -0.1) is 0 Å².